The molecule has 0 saturated carbocycles. The number of benzene rings is 2. The summed E-state index contributed by atoms with van der Waals surface area (Å²) in [4.78, 5) is 14.1. The van der Waals surface area contributed by atoms with E-state index in [-0.39, 0.29) is 11.7 Å². The van der Waals surface area contributed by atoms with Gasteiger partial charge < -0.3 is 15.0 Å². The van der Waals surface area contributed by atoms with Crippen molar-refractivity contribution in [1.29, 1.82) is 0 Å². The van der Waals surface area contributed by atoms with Gasteiger partial charge in [-0.25, -0.2) is 8.42 Å². The Hall–Kier alpha value is -2.58. The Kier molecular flexibility index (Phi) is 8.31. The van der Waals surface area contributed by atoms with E-state index in [2.05, 4.69) is 10.2 Å². The van der Waals surface area contributed by atoms with E-state index in [0.29, 0.717) is 52.0 Å². The lowest BCUT2D eigenvalue weighted by Crippen LogP contribution is -2.49. The van der Waals surface area contributed by atoms with Crippen molar-refractivity contribution in [2.45, 2.75) is 19.3 Å². The van der Waals surface area contributed by atoms with Crippen LogP contribution in [0.2, 0.25) is 0 Å². The lowest BCUT2D eigenvalue weighted by atomic mass is 10.1. The third kappa shape index (κ3) is 6.97. The highest BCUT2D eigenvalue weighted by atomic mass is 32.2. The number of rotatable bonds is 10. The van der Waals surface area contributed by atoms with Crippen LogP contribution in [0.3, 0.4) is 0 Å². The predicted octanol–water partition coefficient (Wildman–Crippen LogP) is 2.29. The predicted molar refractivity (Wildman–Crippen MR) is 123 cm³/mol. The van der Waals surface area contributed by atoms with Gasteiger partial charge in [0.1, 0.15) is 5.75 Å². The Morgan fingerprint density at radius 2 is 1.68 bits per heavy atom. The minimum atomic E-state index is -3.32. The molecule has 1 aliphatic rings. The molecule has 0 radical (unpaired) electrons. The molecular weight excluding hydrogens is 414 g/mol. The van der Waals surface area contributed by atoms with Crippen molar-refractivity contribution >= 4 is 21.6 Å². The van der Waals surface area contributed by atoms with Crippen LogP contribution in [0.1, 0.15) is 18.4 Å². The van der Waals surface area contributed by atoms with Crippen molar-refractivity contribution in [1.82, 2.24) is 9.62 Å². The maximum Gasteiger partial charge on any atom is 0.220 e. The highest BCUT2D eigenvalue weighted by molar-refractivity contribution is 7.89. The van der Waals surface area contributed by atoms with Crippen molar-refractivity contribution in [2.75, 3.05) is 50.5 Å². The summed E-state index contributed by atoms with van der Waals surface area (Å²) in [5.41, 5.74) is 2.19. The fraction of sp³-hybridized carbons (Fsp3) is 0.435. The van der Waals surface area contributed by atoms with Gasteiger partial charge in [-0.1, -0.05) is 30.3 Å². The number of hydrogen-bond donors (Lipinski definition) is 1. The summed E-state index contributed by atoms with van der Waals surface area (Å²) < 4.78 is 32.0. The Morgan fingerprint density at radius 1 is 1.00 bits per heavy atom. The van der Waals surface area contributed by atoms with Gasteiger partial charge in [0, 0.05) is 44.8 Å². The van der Waals surface area contributed by atoms with Gasteiger partial charge in [-0.15, -0.1) is 0 Å². The maximum absolute atomic E-state index is 12.6. The average molecular weight is 446 g/mol. The molecule has 1 saturated heterocycles. The van der Waals surface area contributed by atoms with Gasteiger partial charge in [0.05, 0.1) is 12.9 Å². The van der Waals surface area contributed by atoms with Gasteiger partial charge in [0.2, 0.25) is 15.9 Å². The molecule has 7 nitrogen and oxygen atoms in total. The fourth-order valence-electron chi connectivity index (χ4n) is 3.62. The van der Waals surface area contributed by atoms with Crippen LogP contribution in [-0.4, -0.2) is 64.2 Å². The summed E-state index contributed by atoms with van der Waals surface area (Å²) in [6.45, 7) is 2.62. The quantitative estimate of drug-likeness (QED) is 0.568. The second kappa shape index (κ2) is 11.2. The molecule has 0 atom stereocenters. The molecule has 1 fully saturated rings. The maximum atomic E-state index is 12.6. The third-order valence-corrected chi connectivity index (χ3v) is 7.41. The molecule has 1 heterocycles. The van der Waals surface area contributed by atoms with Crippen LogP contribution in [0, 0.1) is 0 Å². The molecule has 168 valence electrons. The normalized spacial score (nSPS) is 14.9. The number of amides is 1. The van der Waals surface area contributed by atoms with E-state index in [4.69, 9.17) is 4.74 Å². The van der Waals surface area contributed by atoms with Crippen molar-refractivity contribution < 1.29 is 17.9 Å². The van der Waals surface area contributed by atoms with Gasteiger partial charge in [-0.3, -0.25) is 4.79 Å². The van der Waals surface area contributed by atoms with Gasteiger partial charge in [-0.2, -0.15) is 4.31 Å². The Labute approximate surface area is 185 Å². The summed E-state index contributed by atoms with van der Waals surface area (Å²) in [5, 5.41) is 2.83. The Morgan fingerprint density at radius 3 is 2.32 bits per heavy atom. The van der Waals surface area contributed by atoms with Crippen molar-refractivity contribution in [3.05, 3.63) is 60.2 Å². The van der Waals surface area contributed by atoms with Crippen LogP contribution < -0.4 is 15.0 Å². The molecule has 0 aromatic heterocycles. The van der Waals surface area contributed by atoms with Gasteiger partial charge in [0.15, 0.2) is 0 Å². The first-order valence-electron chi connectivity index (χ1n) is 10.7. The topological polar surface area (TPSA) is 79.0 Å². The second-order valence-electron chi connectivity index (χ2n) is 7.59. The number of methoxy groups -OCH3 is 1. The van der Waals surface area contributed by atoms with Crippen molar-refractivity contribution in [3.8, 4) is 5.75 Å². The number of nitrogens with zero attached hydrogens (tertiary/aromatic N) is 2. The molecule has 1 N–H and O–H groups in total. The fourth-order valence-corrected chi connectivity index (χ4v) is 5.11. The molecular formula is C23H31N3O4S. The zero-order valence-corrected chi connectivity index (χ0v) is 18.8. The standard InChI is InChI=1S/C23H31N3O4S/c1-30-22-11-9-21(10-12-22)25-15-17-26(18-16-25)31(28,29)19-5-14-24-23(27)13-8-20-6-3-2-4-7-20/h2-4,6-7,9-12H,5,8,13-19H2,1H3,(H,24,27). The lowest BCUT2D eigenvalue weighted by Gasteiger charge is -2.35. The number of piperazine rings is 1. The van der Waals surface area contributed by atoms with Crippen LogP contribution in [0.15, 0.2) is 54.6 Å². The average Bonchev–Trinajstić information content (AvgIpc) is 2.81. The number of sulfonamides is 1. The summed E-state index contributed by atoms with van der Waals surface area (Å²) in [6.07, 6.45) is 1.51. The first kappa shape index (κ1) is 23.1. The second-order valence-corrected chi connectivity index (χ2v) is 9.68. The highest BCUT2D eigenvalue weighted by Gasteiger charge is 2.26. The van der Waals surface area contributed by atoms with Crippen LogP contribution >= 0.6 is 0 Å². The number of aryl methyl sites for hydroxylation is 1. The largest absolute Gasteiger partial charge is 0.497 e. The molecule has 2 aromatic rings. The highest BCUT2D eigenvalue weighted by Crippen LogP contribution is 2.21. The van der Waals surface area contributed by atoms with E-state index in [9.17, 15) is 13.2 Å². The minimum absolute atomic E-state index is 0.0469. The van der Waals surface area contributed by atoms with E-state index in [1.165, 1.54) is 0 Å². The van der Waals surface area contributed by atoms with E-state index < -0.39 is 10.0 Å². The first-order valence-corrected chi connectivity index (χ1v) is 12.3. The lowest BCUT2D eigenvalue weighted by molar-refractivity contribution is -0.121. The SMILES string of the molecule is COc1ccc(N2CCN(S(=O)(=O)CCCNC(=O)CCc3ccccc3)CC2)cc1. The van der Waals surface area contributed by atoms with Crippen LogP contribution in [-0.2, 0) is 21.2 Å². The summed E-state index contributed by atoms with van der Waals surface area (Å²) >= 11 is 0. The van der Waals surface area contributed by atoms with Gasteiger partial charge >= 0.3 is 0 Å². The molecule has 2 aromatic carbocycles. The molecule has 31 heavy (non-hydrogen) atoms. The van der Waals surface area contributed by atoms with Crippen molar-refractivity contribution in [3.63, 3.8) is 0 Å². The molecule has 1 amide bonds. The zero-order chi connectivity index (χ0) is 22.1. The molecule has 0 spiro atoms. The Bertz CT molecular complexity index is 925. The number of nitrogens with one attached hydrogen (secondary N) is 1. The van der Waals surface area contributed by atoms with Crippen molar-refractivity contribution in [2.24, 2.45) is 0 Å². The zero-order valence-electron chi connectivity index (χ0n) is 18.0. The first-order chi connectivity index (χ1) is 15.0. The molecule has 8 heteroatoms. The van der Waals surface area contributed by atoms with E-state index in [0.717, 1.165) is 17.0 Å². The molecule has 0 aliphatic carbocycles. The molecule has 0 unspecified atom stereocenters. The summed E-state index contributed by atoms with van der Waals surface area (Å²) in [5.74, 6) is 0.806. The number of carbonyl (C=O) groups excluding carboxylic acids is 1. The van der Waals surface area contributed by atoms with E-state index in [1.54, 1.807) is 11.4 Å². The number of ether oxygens (including phenoxy) is 1. The molecule has 1 aliphatic heterocycles. The third-order valence-electron chi connectivity index (χ3n) is 5.45. The minimum Gasteiger partial charge on any atom is -0.497 e. The van der Waals surface area contributed by atoms with Gasteiger partial charge in [0.25, 0.3) is 0 Å². The Balaban J connectivity index is 1.35. The molecule has 0 bridgehead atoms. The van der Waals surface area contributed by atoms with Crippen LogP contribution in [0.4, 0.5) is 5.69 Å². The molecule has 3 rings (SSSR count). The number of hydrogen-bond acceptors (Lipinski definition) is 5. The summed E-state index contributed by atoms with van der Waals surface area (Å²) in [6, 6.07) is 17.6. The van der Waals surface area contributed by atoms with E-state index in [1.807, 2.05) is 54.6 Å². The number of carbonyl (C=O) groups is 1. The van der Waals surface area contributed by atoms with Crippen LogP contribution in [0.25, 0.3) is 0 Å². The van der Waals surface area contributed by atoms with E-state index >= 15 is 0 Å². The summed E-state index contributed by atoms with van der Waals surface area (Å²) in [7, 11) is -1.68. The smallest absolute Gasteiger partial charge is 0.220 e. The van der Waals surface area contributed by atoms with Gasteiger partial charge in [-0.05, 0) is 42.7 Å². The van der Waals surface area contributed by atoms with Crippen LogP contribution in [0.5, 0.6) is 5.75 Å². The number of anilines is 1. The monoisotopic (exact) mass is 445 g/mol.